The summed E-state index contributed by atoms with van der Waals surface area (Å²) in [5.74, 6) is -1.43. The Morgan fingerprint density at radius 2 is 2.33 bits per heavy atom. The van der Waals surface area contributed by atoms with E-state index >= 15 is 0 Å². The molecule has 0 aliphatic rings. The van der Waals surface area contributed by atoms with Gasteiger partial charge in [0, 0.05) is 18.5 Å². The molecule has 1 rings (SSSR count). The molecule has 96 valence electrons. The summed E-state index contributed by atoms with van der Waals surface area (Å²) in [6, 6.07) is 2.73. The fraction of sp³-hybridized carbons (Fsp3) is 0.308. The highest BCUT2D eigenvalue weighted by Gasteiger charge is 2.17. The molecule has 1 unspecified atom stereocenters. The fourth-order valence-corrected chi connectivity index (χ4v) is 1.41. The van der Waals surface area contributed by atoms with Crippen LogP contribution in [0, 0.1) is 0 Å². The molecule has 0 bridgehead atoms. The van der Waals surface area contributed by atoms with Crippen molar-refractivity contribution < 1.29 is 14.7 Å². The first kappa shape index (κ1) is 13.9. The second-order valence-corrected chi connectivity index (χ2v) is 3.81. The summed E-state index contributed by atoms with van der Waals surface area (Å²) in [5.41, 5.74) is 0.787. The smallest absolute Gasteiger partial charge is 0.326 e. The first-order valence-corrected chi connectivity index (χ1v) is 5.75. The molecule has 0 aromatic carbocycles. The Bertz CT molecular complexity index is 429. The van der Waals surface area contributed by atoms with Crippen molar-refractivity contribution in [1.29, 1.82) is 0 Å². The summed E-state index contributed by atoms with van der Waals surface area (Å²) < 4.78 is 0. The first-order valence-electron chi connectivity index (χ1n) is 5.75. The molecule has 1 aromatic heterocycles. The second-order valence-electron chi connectivity index (χ2n) is 3.81. The van der Waals surface area contributed by atoms with Crippen molar-refractivity contribution in [2.75, 3.05) is 0 Å². The van der Waals surface area contributed by atoms with Crippen LogP contribution in [0.5, 0.6) is 0 Å². The number of carbonyl (C=O) groups is 2. The third kappa shape index (κ3) is 4.78. The monoisotopic (exact) mass is 248 g/mol. The van der Waals surface area contributed by atoms with Crippen LogP contribution in [0.25, 0.3) is 6.08 Å². The van der Waals surface area contributed by atoms with Crippen molar-refractivity contribution >= 4 is 18.0 Å². The number of hydrogen-bond donors (Lipinski definition) is 2. The molecule has 5 heteroatoms. The van der Waals surface area contributed by atoms with Gasteiger partial charge >= 0.3 is 5.97 Å². The van der Waals surface area contributed by atoms with Crippen molar-refractivity contribution in [3.63, 3.8) is 0 Å². The summed E-state index contributed by atoms with van der Waals surface area (Å²) in [5, 5.41) is 11.3. The average molecular weight is 248 g/mol. The molecule has 1 aromatic rings. The molecule has 5 nitrogen and oxygen atoms in total. The van der Waals surface area contributed by atoms with E-state index in [0.717, 1.165) is 5.56 Å². The Hall–Kier alpha value is -2.17. The minimum absolute atomic E-state index is 0.417. The lowest BCUT2D eigenvalue weighted by atomic mass is 10.1. The van der Waals surface area contributed by atoms with Gasteiger partial charge in [0.15, 0.2) is 0 Å². The molecule has 0 saturated carbocycles. The van der Waals surface area contributed by atoms with Gasteiger partial charge in [-0.15, -0.1) is 0 Å². The van der Waals surface area contributed by atoms with Crippen LogP contribution in [0.2, 0.25) is 0 Å². The highest BCUT2D eigenvalue weighted by Crippen LogP contribution is 2.00. The van der Waals surface area contributed by atoms with Gasteiger partial charge in [-0.3, -0.25) is 9.78 Å². The van der Waals surface area contributed by atoms with Crippen LogP contribution in [0.15, 0.2) is 30.6 Å². The van der Waals surface area contributed by atoms with Gasteiger partial charge < -0.3 is 10.4 Å². The Morgan fingerprint density at radius 3 is 2.89 bits per heavy atom. The maximum atomic E-state index is 11.5. The highest BCUT2D eigenvalue weighted by atomic mass is 16.4. The summed E-state index contributed by atoms with van der Waals surface area (Å²) in [4.78, 5) is 26.3. The minimum atomic E-state index is -1.01. The minimum Gasteiger partial charge on any atom is -0.480 e. The number of hydrogen-bond acceptors (Lipinski definition) is 3. The van der Waals surface area contributed by atoms with Crippen LogP contribution in [0.4, 0.5) is 0 Å². The van der Waals surface area contributed by atoms with Gasteiger partial charge in [0.1, 0.15) is 6.04 Å². The predicted octanol–water partition coefficient (Wildman–Crippen LogP) is 1.46. The molecule has 0 fully saturated rings. The van der Waals surface area contributed by atoms with Crippen molar-refractivity contribution in [2.24, 2.45) is 0 Å². The zero-order valence-electron chi connectivity index (χ0n) is 10.2. The molecule has 0 aliphatic carbocycles. The molecular weight excluding hydrogens is 232 g/mol. The number of nitrogens with one attached hydrogen (secondary N) is 1. The zero-order valence-corrected chi connectivity index (χ0v) is 10.2. The molecule has 2 N–H and O–H groups in total. The van der Waals surface area contributed by atoms with E-state index in [4.69, 9.17) is 5.11 Å². The Labute approximate surface area is 106 Å². The topological polar surface area (TPSA) is 79.3 Å². The Morgan fingerprint density at radius 1 is 1.56 bits per heavy atom. The number of amides is 1. The molecule has 0 radical (unpaired) electrons. The molecule has 18 heavy (non-hydrogen) atoms. The van der Waals surface area contributed by atoms with Crippen LogP contribution < -0.4 is 5.32 Å². The Kier molecular flexibility index (Phi) is 5.57. The van der Waals surface area contributed by atoms with E-state index in [1.807, 2.05) is 6.92 Å². The van der Waals surface area contributed by atoms with Gasteiger partial charge in [-0.05, 0) is 24.1 Å². The van der Waals surface area contributed by atoms with E-state index in [0.29, 0.717) is 12.8 Å². The summed E-state index contributed by atoms with van der Waals surface area (Å²) in [7, 11) is 0. The third-order valence-corrected chi connectivity index (χ3v) is 2.30. The molecule has 0 spiro atoms. The predicted molar refractivity (Wildman–Crippen MR) is 67.7 cm³/mol. The summed E-state index contributed by atoms with van der Waals surface area (Å²) in [6.07, 6.45) is 7.27. The van der Waals surface area contributed by atoms with Gasteiger partial charge in [-0.1, -0.05) is 19.4 Å². The van der Waals surface area contributed by atoms with Gasteiger partial charge in [0.05, 0.1) is 0 Å². The van der Waals surface area contributed by atoms with Crippen molar-refractivity contribution in [1.82, 2.24) is 10.3 Å². The molecule has 1 atom stereocenters. The normalized spacial score (nSPS) is 12.3. The lowest BCUT2D eigenvalue weighted by Crippen LogP contribution is -2.39. The van der Waals surface area contributed by atoms with Gasteiger partial charge in [0.2, 0.25) is 5.91 Å². The first-order chi connectivity index (χ1) is 8.63. The standard InChI is InChI=1S/C13H16N2O3/c1-2-4-11(13(17)18)15-12(16)7-6-10-5-3-8-14-9-10/h3,5-9,11H,2,4H2,1H3,(H,15,16)(H,17,18)/b7-6+. The maximum absolute atomic E-state index is 11.5. The maximum Gasteiger partial charge on any atom is 0.326 e. The second kappa shape index (κ2) is 7.21. The van der Waals surface area contributed by atoms with Gasteiger partial charge in [-0.25, -0.2) is 4.79 Å². The lowest BCUT2D eigenvalue weighted by molar-refractivity contribution is -0.141. The van der Waals surface area contributed by atoms with Gasteiger partial charge in [-0.2, -0.15) is 0 Å². The van der Waals surface area contributed by atoms with Crippen LogP contribution in [-0.2, 0) is 9.59 Å². The van der Waals surface area contributed by atoms with Crippen LogP contribution >= 0.6 is 0 Å². The SMILES string of the molecule is CCCC(NC(=O)/C=C/c1cccnc1)C(=O)O. The number of carboxylic acids is 1. The molecular formula is C13H16N2O3. The van der Waals surface area contributed by atoms with Crippen molar-refractivity contribution in [2.45, 2.75) is 25.8 Å². The summed E-state index contributed by atoms with van der Waals surface area (Å²) in [6.45, 7) is 1.87. The van der Waals surface area contributed by atoms with Crippen LogP contribution in [0.1, 0.15) is 25.3 Å². The number of carbonyl (C=O) groups excluding carboxylic acids is 1. The molecule has 0 aliphatic heterocycles. The number of nitrogens with zero attached hydrogens (tertiary/aromatic N) is 1. The number of aliphatic carboxylic acids is 1. The lowest BCUT2D eigenvalue weighted by Gasteiger charge is -2.11. The van der Waals surface area contributed by atoms with Crippen molar-refractivity contribution in [3.8, 4) is 0 Å². The highest BCUT2D eigenvalue weighted by molar-refractivity contribution is 5.94. The molecule has 1 amide bonds. The number of rotatable bonds is 6. The van der Waals surface area contributed by atoms with Gasteiger partial charge in [0.25, 0.3) is 0 Å². The van der Waals surface area contributed by atoms with E-state index in [1.165, 1.54) is 6.08 Å². The molecule has 0 saturated heterocycles. The van der Waals surface area contributed by atoms with E-state index in [1.54, 1.807) is 30.6 Å². The largest absolute Gasteiger partial charge is 0.480 e. The number of aromatic nitrogens is 1. The Balaban J connectivity index is 2.55. The quantitative estimate of drug-likeness (QED) is 0.747. The third-order valence-electron chi connectivity index (χ3n) is 2.30. The van der Waals surface area contributed by atoms with Crippen LogP contribution in [0.3, 0.4) is 0 Å². The van der Waals surface area contributed by atoms with E-state index < -0.39 is 17.9 Å². The van der Waals surface area contributed by atoms with E-state index in [2.05, 4.69) is 10.3 Å². The average Bonchev–Trinajstić information content (AvgIpc) is 2.37. The molecule has 1 heterocycles. The van der Waals surface area contributed by atoms with E-state index in [9.17, 15) is 9.59 Å². The number of carboxylic acid groups (broad SMARTS) is 1. The number of pyridine rings is 1. The zero-order chi connectivity index (χ0) is 13.4. The summed E-state index contributed by atoms with van der Waals surface area (Å²) >= 11 is 0. The van der Waals surface area contributed by atoms with Crippen LogP contribution in [-0.4, -0.2) is 28.0 Å². The van der Waals surface area contributed by atoms with Crippen molar-refractivity contribution in [3.05, 3.63) is 36.2 Å². The fourth-order valence-electron chi connectivity index (χ4n) is 1.41. The van der Waals surface area contributed by atoms with E-state index in [-0.39, 0.29) is 0 Å².